The molecule has 2 fully saturated rings. The Morgan fingerprint density at radius 1 is 1.12 bits per heavy atom. The third-order valence-electron chi connectivity index (χ3n) is 4.44. The molecule has 1 N–H and O–H groups in total. The Kier molecular flexibility index (Phi) is 3.53. The van der Waals surface area contributed by atoms with Crippen molar-refractivity contribution < 1.29 is 4.79 Å². The van der Waals surface area contributed by atoms with Gasteiger partial charge in [-0.1, -0.05) is 20.8 Å². The van der Waals surface area contributed by atoms with Crippen LogP contribution in [0.25, 0.3) is 0 Å². The van der Waals surface area contributed by atoms with Crippen LogP contribution in [-0.4, -0.2) is 36.5 Å². The third kappa shape index (κ3) is 2.24. The summed E-state index contributed by atoms with van der Waals surface area (Å²) in [5, 5.41) is 3.34. The molecule has 92 valence electrons. The second kappa shape index (κ2) is 4.74. The van der Waals surface area contributed by atoms with Gasteiger partial charge in [0.2, 0.25) is 5.91 Å². The number of nitrogens with zero attached hydrogens (tertiary/aromatic N) is 1. The van der Waals surface area contributed by atoms with Crippen molar-refractivity contribution in [2.24, 2.45) is 17.8 Å². The minimum Gasteiger partial charge on any atom is -0.341 e. The van der Waals surface area contributed by atoms with E-state index in [1.54, 1.807) is 0 Å². The van der Waals surface area contributed by atoms with Crippen LogP contribution in [0.2, 0.25) is 0 Å². The van der Waals surface area contributed by atoms with Crippen molar-refractivity contribution in [1.82, 2.24) is 10.2 Å². The van der Waals surface area contributed by atoms with Gasteiger partial charge in [0, 0.05) is 13.1 Å². The molecule has 0 aliphatic carbocycles. The average molecular weight is 224 g/mol. The number of nitrogens with one attached hydrogen (secondary N) is 1. The third-order valence-corrected chi connectivity index (χ3v) is 4.44. The van der Waals surface area contributed by atoms with E-state index >= 15 is 0 Å². The molecule has 4 atom stereocenters. The first-order chi connectivity index (χ1) is 7.59. The lowest BCUT2D eigenvalue weighted by Crippen LogP contribution is -2.50. The summed E-state index contributed by atoms with van der Waals surface area (Å²) in [4.78, 5) is 14.4. The van der Waals surface area contributed by atoms with Crippen LogP contribution in [0.5, 0.6) is 0 Å². The molecule has 4 unspecified atom stereocenters. The predicted octanol–water partition coefficient (Wildman–Crippen LogP) is 1.49. The molecule has 0 spiro atoms. The molecule has 0 aromatic carbocycles. The van der Waals surface area contributed by atoms with E-state index < -0.39 is 0 Å². The first kappa shape index (κ1) is 11.9. The zero-order chi connectivity index (χ0) is 11.7. The first-order valence-electron chi connectivity index (χ1n) is 6.61. The van der Waals surface area contributed by atoms with Gasteiger partial charge in [0.25, 0.3) is 0 Å². The molecule has 3 heteroatoms. The maximum atomic E-state index is 12.3. The minimum absolute atomic E-state index is 0.0839. The number of carbonyl (C=O) groups is 1. The van der Waals surface area contributed by atoms with Gasteiger partial charge in [0.1, 0.15) is 0 Å². The first-order valence-corrected chi connectivity index (χ1v) is 6.61. The van der Waals surface area contributed by atoms with E-state index in [0.29, 0.717) is 17.7 Å². The van der Waals surface area contributed by atoms with Crippen LogP contribution in [0.4, 0.5) is 0 Å². The number of carbonyl (C=O) groups excluding carboxylic acids is 1. The van der Waals surface area contributed by atoms with Crippen molar-refractivity contribution in [3.63, 3.8) is 0 Å². The zero-order valence-corrected chi connectivity index (χ0v) is 10.7. The molecule has 1 amide bonds. The summed E-state index contributed by atoms with van der Waals surface area (Å²) in [5.74, 6) is 2.25. The van der Waals surface area contributed by atoms with E-state index in [1.165, 1.54) is 0 Å². The highest BCUT2D eigenvalue weighted by atomic mass is 16.2. The lowest BCUT2D eigenvalue weighted by molar-refractivity contribution is -0.136. The molecular weight excluding hydrogens is 200 g/mol. The Hall–Kier alpha value is -0.570. The van der Waals surface area contributed by atoms with Crippen LogP contribution in [0.1, 0.15) is 33.6 Å². The lowest BCUT2D eigenvalue weighted by Gasteiger charge is -2.37. The maximum absolute atomic E-state index is 12.3. The Morgan fingerprint density at radius 3 is 2.44 bits per heavy atom. The molecule has 0 bridgehead atoms. The summed E-state index contributed by atoms with van der Waals surface area (Å²) in [6.07, 6.45) is 2.30. The predicted molar refractivity (Wildman–Crippen MR) is 65.1 cm³/mol. The van der Waals surface area contributed by atoms with Crippen LogP contribution < -0.4 is 5.32 Å². The molecule has 2 saturated heterocycles. The summed E-state index contributed by atoms with van der Waals surface area (Å²) in [7, 11) is 0. The molecule has 3 nitrogen and oxygen atoms in total. The summed E-state index contributed by atoms with van der Waals surface area (Å²) >= 11 is 0. The number of hydrogen-bond donors (Lipinski definition) is 1. The van der Waals surface area contributed by atoms with Crippen molar-refractivity contribution in [2.45, 2.75) is 39.7 Å². The van der Waals surface area contributed by atoms with Crippen molar-refractivity contribution in [1.29, 1.82) is 0 Å². The number of hydrogen-bond acceptors (Lipinski definition) is 2. The molecule has 0 aromatic heterocycles. The van der Waals surface area contributed by atoms with Gasteiger partial charge in [-0.25, -0.2) is 0 Å². The summed E-state index contributed by atoms with van der Waals surface area (Å²) in [6.45, 7) is 9.63. The molecule has 2 rings (SSSR count). The standard InChI is InChI=1S/C13H24N2O/c1-9-5-7-15(8-11(9)3)13(16)12-10(2)4-6-14-12/h9-12,14H,4-8H2,1-3H3. The van der Waals surface area contributed by atoms with Gasteiger partial charge in [0.15, 0.2) is 0 Å². The number of piperidine rings is 1. The van der Waals surface area contributed by atoms with Gasteiger partial charge in [-0.2, -0.15) is 0 Å². The Morgan fingerprint density at radius 2 is 1.88 bits per heavy atom. The van der Waals surface area contributed by atoms with E-state index in [2.05, 4.69) is 31.0 Å². The zero-order valence-electron chi connectivity index (χ0n) is 10.7. The van der Waals surface area contributed by atoms with Gasteiger partial charge in [0.05, 0.1) is 6.04 Å². The molecule has 2 aliphatic heterocycles. The number of rotatable bonds is 1. The quantitative estimate of drug-likeness (QED) is 0.732. The molecule has 0 saturated carbocycles. The maximum Gasteiger partial charge on any atom is 0.239 e. The second-order valence-electron chi connectivity index (χ2n) is 5.73. The molecular formula is C13H24N2O. The second-order valence-corrected chi connectivity index (χ2v) is 5.73. The molecule has 0 aromatic rings. The molecule has 0 radical (unpaired) electrons. The van der Waals surface area contributed by atoms with E-state index in [-0.39, 0.29) is 6.04 Å². The molecule has 2 heterocycles. The van der Waals surface area contributed by atoms with Crippen molar-refractivity contribution in [3.8, 4) is 0 Å². The van der Waals surface area contributed by atoms with E-state index in [1.807, 2.05) is 0 Å². The highest BCUT2D eigenvalue weighted by molar-refractivity contribution is 5.82. The fourth-order valence-corrected chi connectivity index (χ4v) is 2.82. The summed E-state index contributed by atoms with van der Waals surface area (Å²) < 4.78 is 0. The van der Waals surface area contributed by atoms with E-state index in [0.717, 1.165) is 38.4 Å². The van der Waals surface area contributed by atoms with Crippen LogP contribution in [0.3, 0.4) is 0 Å². The Labute approximate surface area is 98.6 Å². The van der Waals surface area contributed by atoms with Gasteiger partial charge in [-0.15, -0.1) is 0 Å². The van der Waals surface area contributed by atoms with E-state index in [4.69, 9.17) is 0 Å². The molecule has 16 heavy (non-hydrogen) atoms. The highest BCUT2D eigenvalue weighted by Gasteiger charge is 2.35. The summed E-state index contributed by atoms with van der Waals surface area (Å²) in [5.41, 5.74) is 0. The van der Waals surface area contributed by atoms with Crippen molar-refractivity contribution >= 4 is 5.91 Å². The van der Waals surface area contributed by atoms with Crippen LogP contribution in [-0.2, 0) is 4.79 Å². The van der Waals surface area contributed by atoms with Gasteiger partial charge < -0.3 is 10.2 Å². The Balaban J connectivity index is 1.95. The normalized spacial score (nSPS) is 40.1. The Bertz CT molecular complexity index is 267. The SMILES string of the molecule is CC1CCN(C(=O)C2NCCC2C)CC1C. The van der Waals surface area contributed by atoms with E-state index in [9.17, 15) is 4.79 Å². The summed E-state index contributed by atoms with van der Waals surface area (Å²) in [6, 6.07) is 0.0839. The number of likely N-dealkylation sites (tertiary alicyclic amines) is 1. The van der Waals surface area contributed by atoms with Crippen LogP contribution >= 0.6 is 0 Å². The minimum atomic E-state index is 0.0839. The van der Waals surface area contributed by atoms with Crippen LogP contribution in [0.15, 0.2) is 0 Å². The van der Waals surface area contributed by atoms with Crippen molar-refractivity contribution in [3.05, 3.63) is 0 Å². The van der Waals surface area contributed by atoms with Gasteiger partial charge >= 0.3 is 0 Å². The smallest absolute Gasteiger partial charge is 0.239 e. The highest BCUT2D eigenvalue weighted by Crippen LogP contribution is 2.25. The average Bonchev–Trinajstić information content (AvgIpc) is 2.67. The number of amides is 1. The van der Waals surface area contributed by atoms with Crippen LogP contribution in [0, 0.1) is 17.8 Å². The fourth-order valence-electron chi connectivity index (χ4n) is 2.82. The fraction of sp³-hybridized carbons (Fsp3) is 0.923. The monoisotopic (exact) mass is 224 g/mol. The van der Waals surface area contributed by atoms with Crippen molar-refractivity contribution in [2.75, 3.05) is 19.6 Å². The lowest BCUT2D eigenvalue weighted by atomic mass is 9.88. The molecule has 2 aliphatic rings. The van der Waals surface area contributed by atoms with Gasteiger partial charge in [-0.3, -0.25) is 4.79 Å². The topological polar surface area (TPSA) is 32.3 Å². The largest absolute Gasteiger partial charge is 0.341 e. The van der Waals surface area contributed by atoms with Gasteiger partial charge in [-0.05, 0) is 37.1 Å².